The molecule has 1 aliphatic rings. The first-order chi connectivity index (χ1) is 16.3. The second kappa shape index (κ2) is 10.8. The maximum Gasteiger partial charge on any atom is 0.164 e. The maximum atomic E-state index is 9.72. The molecular weight excluding hydrogens is 446 g/mol. The molecule has 0 spiro atoms. The van der Waals surface area contributed by atoms with Gasteiger partial charge in [-0.3, -0.25) is 4.68 Å². The second-order valence-corrected chi connectivity index (χ2v) is 15.9. The van der Waals surface area contributed by atoms with Crippen LogP contribution in [0.25, 0.3) is 22.4 Å². The fraction of sp³-hybridized carbons (Fsp3) is 0.583. The van der Waals surface area contributed by atoms with Crippen molar-refractivity contribution in [2.24, 2.45) is 0 Å². The molecule has 0 aromatic carbocycles. The van der Waals surface area contributed by atoms with Crippen LogP contribution in [-0.2, 0) is 11.5 Å². The molecule has 1 N–H and O–H groups in total. The highest BCUT2D eigenvalue weighted by Gasteiger charge is 2.20. The van der Waals surface area contributed by atoms with Crippen LogP contribution in [0, 0.1) is 11.3 Å². The molecule has 1 atom stereocenters. The van der Waals surface area contributed by atoms with Crippen LogP contribution in [0.3, 0.4) is 0 Å². The number of piperidine rings is 1. The van der Waals surface area contributed by atoms with E-state index in [2.05, 4.69) is 40.7 Å². The Kier molecular flexibility index (Phi) is 7.78. The number of aliphatic hydroxyl groups is 1. The van der Waals surface area contributed by atoms with Crippen molar-refractivity contribution < 1.29 is 9.84 Å². The molecule has 0 aliphatic carbocycles. The summed E-state index contributed by atoms with van der Waals surface area (Å²) >= 11 is 0. The summed E-state index contributed by atoms with van der Waals surface area (Å²) in [5.41, 5.74) is 1.62. The minimum Gasteiger partial charge on any atom is -0.393 e. The van der Waals surface area contributed by atoms with Gasteiger partial charge in [-0.1, -0.05) is 19.6 Å². The Labute approximate surface area is 202 Å². The molecule has 1 fully saturated rings. The quantitative estimate of drug-likeness (QED) is 0.349. The van der Waals surface area contributed by atoms with Gasteiger partial charge in [-0.05, 0) is 31.4 Å². The summed E-state index contributed by atoms with van der Waals surface area (Å²) in [6.07, 6.45) is 9.47. The number of rotatable bonds is 10. The van der Waals surface area contributed by atoms with Crippen molar-refractivity contribution in [1.29, 1.82) is 5.26 Å². The topological polar surface area (TPSA) is 105 Å². The van der Waals surface area contributed by atoms with E-state index in [0.717, 1.165) is 61.7 Å². The molecule has 182 valence electrons. The SMILES string of the molecule is C[Si](C)(C)CCOCn1ccc2cnc(-c3cnn(C(C#N)CCN4CCC(O)CC4)c3)nc21. The van der Waals surface area contributed by atoms with E-state index in [1.54, 1.807) is 10.9 Å². The van der Waals surface area contributed by atoms with E-state index in [1.807, 2.05) is 29.2 Å². The Bertz CT molecular complexity index is 1120. The van der Waals surface area contributed by atoms with E-state index in [-0.39, 0.29) is 12.1 Å². The van der Waals surface area contributed by atoms with Gasteiger partial charge in [0, 0.05) is 58.3 Å². The van der Waals surface area contributed by atoms with Gasteiger partial charge >= 0.3 is 0 Å². The molecule has 9 nitrogen and oxygen atoms in total. The van der Waals surface area contributed by atoms with Crippen molar-refractivity contribution in [3.05, 3.63) is 30.9 Å². The Balaban J connectivity index is 1.41. The third kappa shape index (κ3) is 6.30. The molecule has 0 saturated carbocycles. The monoisotopic (exact) mass is 481 g/mol. The number of fused-ring (bicyclic) bond motifs is 1. The van der Waals surface area contributed by atoms with E-state index < -0.39 is 8.07 Å². The van der Waals surface area contributed by atoms with Gasteiger partial charge in [0.1, 0.15) is 18.4 Å². The van der Waals surface area contributed by atoms with E-state index in [1.165, 1.54) is 0 Å². The summed E-state index contributed by atoms with van der Waals surface area (Å²) < 4.78 is 9.62. The average Bonchev–Trinajstić information content (AvgIpc) is 3.45. The standard InChI is InChI=1S/C24H35N7O2Si/c1-34(2,3)13-12-33-18-30-11-4-19-15-26-23(28-24(19)30)20-16-27-31(17-20)21(14-25)5-8-29-9-6-22(32)7-10-29/h4,11,15-17,21-22,32H,5-10,12-13,18H2,1-3H3. The summed E-state index contributed by atoms with van der Waals surface area (Å²) in [7, 11) is -1.12. The highest BCUT2D eigenvalue weighted by molar-refractivity contribution is 6.76. The lowest BCUT2D eigenvalue weighted by atomic mass is 10.1. The first kappa shape index (κ1) is 24.5. The van der Waals surface area contributed by atoms with Crippen LogP contribution in [0.4, 0.5) is 0 Å². The number of ether oxygens (including phenoxy) is 1. The van der Waals surface area contributed by atoms with Crippen LogP contribution >= 0.6 is 0 Å². The van der Waals surface area contributed by atoms with E-state index in [9.17, 15) is 10.4 Å². The van der Waals surface area contributed by atoms with Gasteiger partial charge in [-0.2, -0.15) is 10.4 Å². The van der Waals surface area contributed by atoms with Crippen molar-refractivity contribution in [2.45, 2.75) is 63.8 Å². The largest absolute Gasteiger partial charge is 0.393 e. The Morgan fingerprint density at radius 2 is 2.06 bits per heavy atom. The zero-order chi connectivity index (χ0) is 24.1. The molecular formula is C24H35N7O2Si. The number of aromatic nitrogens is 5. The second-order valence-electron chi connectivity index (χ2n) is 10.3. The van der Waals surface area contributed by atoms with Gasteiger partial charge in [-0.15, -0.1) is 0 Å². The lowest BCUT2D eigenvalue weighted by Crippen LogP contribution is -2.37. The van der Waals surface area contributed by atoms with Gasteiger partial charge in [0.25, 0.3) is 0 Å². The van der Waals surface area contributed by atoms with Crippen LogP contribution in [0.1, 0.15) is 25.3 Å². The van der Waals surface area contributed by atoms with Gasteiger partial charge in [0.15, 0.2) is 5.82 Å². The zero-order valence-electron chi connectivity index (χ0n) is 20.4. The van der Waals surface area contributed by atoms with E-state index in [0.29, 0.717) is 19.0 Å². The van der Waals surface area contributed by atoms with E-state index in [4.69, 9.17) is 9.72 Å². The molecule has 10 heteroatoms. The number of aliphatic hydroxyl groups excluding tert-OH is 1. The average molecular weight is 482 g/mol. The predicted octanol–water partition coefficient (Wildman–Crippen LogP) is 3.52. The molecule has 34 heavy (non-hydrogen) atoms. The summed E-state index contributed by atoms with van der Waals surface area (Å²) in [4.78, 5) is 11.6. The van der Waals surface area contributed by atoms with Crippen molar-refractivity contribution in [3.63, 3.8) is 0 Å². The molecule has 0 bridgehead atoms. The molecule has 1 saturated heterocycles. The molecule has 1 unspecified atom stereocenters. The first-order valence-electron chi connectivity index (χ1n) is 12.1. The molecule has 4 rings (SSSR count). The first-order valence-corrected chi connectivity index (χ1v) is 15.8. The molecule has 0 amide bonds. The van der Waals surface area contributed by atoms with Crippen LogP contribution in [0.2, 0.25) is 25.7 Å². The highest BCUT2D eigenvalue weighted by atomic mass is 28.3. The normalized spacial score (nSPS) is 16.7. The Hall–Kier alpha value is -2.58. The van der Waals surface area contributed by atoms with Crippen molar-refractivity contribution in [3.8, 4) is 17.5 Å². The van der Waals surface area contributed by atoms with Crippen LogP contribution < -0.4 is 0 Å². The number of likely N-dealkylation sites (tertiary alicyclic amines) is 1. The predicted molar refractivity (Wildman–Crippen MR) is 134 cm³/mol. The molecule has 3 aromatic heterocycles. The number of hydrogen-bond acceptors (Lipinski definition) is 7. The van der Waals surface area contributed by atoms with Crippen molar-refractivity contribution >= 4 is 19.1 Å². The lowest BCUT2D eigenvalue weighted by molar-refractivity contribution is 0.0807. The smallest absolute Gasteiger partial charge is 0.164 e. The van der Waals surface area contributed by atoms with Crippen molar-refractivity contribution in [1.82, 2.24) is 29.2 Å². The minimum absolute atomic E-state index is 0.188. The third-order valence-electron chi connectivity index (χ3n) is 6.33. The van der Waals surface area contributed by atoms with Crippen LogP contribution in [0.5, 0.6) is 0 Å². The summed E-state index contributed by atoms with van der Waals surface area (Å²) in [5, 5.41) is 24.8. The number of nitriles is 1. The van der Waals surface area contributed by atoms with Gasteiger partial charge in [-0.25, -0.2) is 9.97 Å². The van der Waals surface area contributed by atoms with Gasteiger partial charge in [0.2, 0.25) is 0 Å². The Morgan fingerprint density at radius 3 is 2.79 bits per heavy atom. The molecule has 0 radical (unpaired) electrons. The maximum absolute atomic E-state index is 9.72. The van der Waals surface area contributed by atoms with Crippen LogP contribution in [0.15, 0.2) is 30.9 Å². The van der Waals surface area contributed by atoms with Gasteiger partial charge < -0.3 is 19.3 Å². The number of hydrogen-bond donors (Lipinski definition) is 1. The molecule has 3 aromatic rings. The summed E-state index contributed by atoms with van der Waals surface area (Å²) in [6, 6.07) is 5.14. The third-order valence-corrected chi connectivity index (χ3v) is 8.04. The zero-order valence-corrected chi connectivity index (χ0v) is 21.4. The van der Waals surface area contributed by atoms with E-state index >= 15 is 0 Å². The fourth-order valence-electron chi connectivity index (χ4n) is 4.08. The molecule has 1 aliphatic heterocycles. The molecule has 4 heterocycles. The highest BCUT2D eigenvalue weighted by Crippen LogP contribution is 2.22. The minimum atomic E-state index is -1.12. The summed E-state index contributed by atoms with van der Waals surface area (Å²) in [6.45, 7) is 10.8. The summed E-state index contributed by atoms with van der Waals surface area (Å²) in [5.74, 6) is 0.586. The lowest BCUT2D eigenvalue weighted by Gasteiger charge is -2.29. The number of nitrogens with zero attached hydrogens (tertiary/aromatic N) is 7. The van der Waals surface area contributed by atoms with Crippen LogP contribution in [-0.4, -0.2) is 74.7 Å². The fourth-order valence-corrected chi connectivity index (χ4v) is 4.84. The van der Waals surface area contributed by atoms with Gasteiger partial charge in [0.05, 0.1) is 23.9 Å². The Morgan fingerprint density at radius 1 is 1.26 bits per heavy atom. The van der Waals surface area contributed by atoms with Crippen molar-refractivity contribution in [2.75, 3.05) is 26.2 Å².